The molecule has 0 aliphatic heterocycles. The van der Waals surface area contributed by atoms with E-state index >= 15 is 0 Å². The minimum atomic E-state index is 0.132. The molecule has 1 aromatic heterocycles. The molecule has 0 radical (unpaired) electrons. The summed E-state index contributed by atoms with van der Waals surface area (Å²) in [6.45, 7) is 0. The van der Waals surface area contributed by atoms with Gasteiger partial charge in [0.1, 0.15) is 6.26 Å². The summed E-state index contributed by atoms with van der Waals surface area (Å²) in [5.74, 6) is 0.507. The van der Waals surface area contributed by atoms with E-state index in [1.165, 1.54) is 35.6 Å². The number of hydrogen-bond acceptors (Lipinski definition) is 4. The summed E-state index contributed by atoms with van der Waals surface area (Å²) >= 11 is 1.34. The highest BCUT2D eigenvalue weighted by Crippen LogP contribution is 2.24. The van der Waals surface area contributed by atoms with Gasteiger partial charge < -0.3 is 4.42 Å². The van der Waals surface area contributed by atoms with E-state index in [-0.39, 0.29) is 5.78 Å². The van der Waals surface area contributed by atoms with Crippen LogP contribution in [0.2, 0.25) is 0 Å². The molecule has 1 aromatic carbocycles. The van der Waals surface area contributed by atoms with Gasteiger partial charge in [0, 0.05) is 5.56 Å². The van der Waals surface area contributed by atoms with Crippen molar-refractivity contribution in [2.45, 2.75) is 24.5 Å². The van der Waals surface area contributed by atoms with Crippen LogP contribution in [-0.2, 0) is 12.8 Å². The average molecular weight is 259 g/mol. The van der Waals surface area contributed by atoms with Crippen LogP contribution in [-0.4, -0.2) is 16.5 Å². The van der Waals surface area contributed by atoms with Crippen molar-refractivity contribution in [3.05, 3.63) is 47.3 Å². The average Bonchev–Trinajstić information content (AvgIpc) is 3.05. The van der Waals surface area contributed by atoms with E-state index in [1.54, 1.807) is 6.20 Å². The molecule has 1 aliphatic carbocycles. The highest BCUT2D eigenvalue weighted by Gasteiger charge is 2.14. The molecule has 3 nitrogen and oxygen atoms in total. The van der Waals surface area contributed by atoms with Gasteiger partial charge in [-0.25, -0.2) is 4.98 Å². The number of fused-ring (bicyclic) bond motifs is 1. The van der Waals surface area contributed by atoms with Crippen molar-refractivity contribution >= 4 is 17.5 Å². The first kappa shape index (κ1) is 11.5. The van der Waals surface area contributed by atoms with Gasteiger partial charge in [0.15, 0.2) is 5.78 Å². The molecule has 0 atom stereocenters. The lowest BCUT2D eigenvalue weighted by atomic mass is 10.0. The largest absolute Gasteiger partial charge is 0.440 e. The number of rotatable bonds is 4. The predicted octanol–water partition coefficient (Wildman–Crippen LogP) is 3.14. The number of hydrogen-bond donors (Lipinski definition) is 0. The van der Waals surface area contributed by atoms with E-state index < -0.39 is 0 Å². The highest BCUT2D eigenvalue weighted by molar-refractivity contribution is 7.99. The van der Waals surface area contributed by atoms with E-state index in [4.69, 9.17) is 4.42 Å². The Morgan fingerprint density at radius 1 is 1.33 bits per heavy atom. The monoisotopic (exact) mass is 259 g/mol. The molecule has 92 valence electrons. The number of benzene rings is 1. The van der Waals surface area contributed by atoms with E-state index in [9.17, 15) is 4.79 Å². The number of aromatic nitrogens is 1. The molecule has 1 heterocycles. The zero-order chi connectivity index (χ0) is 12.4. The summed E-state index contributed by atoms with van der Waals surface area (Å²) in [5, 5.41) is 0.546. The molecule has 4 heteroatoms. The van der Waals surface area contributed by atoms with Crippen LogP contribution in [0.3, 0.4) is 0 Å². The SMILES string of the molecule is O=C(CSc1ncco1)c1ccc2c(c1)CCC2. The molecule has 1 aliphatic rings. The third-order valence-electron chi connectivity index (χ3n) is 3.16. The fourth-order valence-electron chi connectivity index (χ4n) is 2.24. The fraction of sp³-hybridized carbons (Fsp3) is 0.286. The second-order valence-electron chi connectivity index (χ2n) is 4.35. The number of Topliss-reactive ketones (excluding diaryl/α,β-unsaturated/α-hetero) is 1. The van der Waals surface area contributed by atoms with Crippen LogP contribution in [0.15, 0.2) is 40.3 Å². The molecule has 3 rings (SSSR count). The summed E-state index contributed by atoms with van der Waals surface area (Å²) in [5.41, 5.74) is 3.53. The summed E-state index contributed by atoms with van der Waals surface area (Å²) in [6.07, 6.45) is 6.56. The molecule has 0 unspecified atom stereocenters. The Morgan fingerprint density at radius 2 is 2.22 bits per heavy atom. The lowest BCUT2D eigenvalue weighted by Gasteiger charge is -2.03. The van der Waals surface area contributed by atoms with E-state index in [2.05, 4.69) is 11.1 Å². The highest BCUT2D eigenvalue weighted by atomic mass is 32.2. The van der Waals surface area contributed by atoms with Gasteiger partial charge in [0.05, 0.1) is 11.9 Å². The van der Waals surface area contributed by atoms with E-state index in [1.807, 2.05) is 12.1 Å². The summed E-state index contributed by atoms with van der Waals surface area (Å²) < 4.78 is 5.09. The Bertz CT molecular complexity index is 563. The lowest BCUT2D eigenvalue weighted by Crippen LogP contribution is -2.03. The molecular weight excluding hydrogens is 246 g/mol. The maximum absolute atomic E-state index is 12.0. The quantitative estimate of drug-likeness (QED) is 0.625. The summed E-state index contributed by atoms with van der Waals surface area (Å²) in [4.78, 5) is 16.0. The zero-order valence-electron chi connectivity index (χ0n) is 9.89. The molecule has 2 aromatic rings. The van der Waals surface area contributed by atoms with Gasteiger partial charge in [-0.2, -0.15) is 0 Å². The Hall–Kier alpha value is -1.55. The maximum Gasteiger partial charge on any atom is 0.255 e. The second-order valence-corrected chi connectivity index (χ2v) is 5.27. The van der Waals surface area contributed by atoms with Crippen LogP contribution < -0.4 is 0 Å². The lowest BCUT2D eigenvalue weighted by molar-refractivity contribution is 0.102. The molecule has 0 spiro atoms. The van der Waals surface area contributed by atoms with Crippen LogP contribution in [0, 0.1) is 0 Å². The number of thioether (sulfide) groups is 1. The molecular formula is C14H13NO2S. The standard InChI is InChI=1S/C14H13NO2S/c16-13(9-18-14-15-6-7-17-14)12-5-4-10-2-1-3-11(10)8-12/h4-8H,1-3,9H2. The molecule has 0 N–H and O–H groups in total. The Labute approximate surface area is 110 Å². The van der Waals surface area contributed by atoms with Gasteiger partial charge in [-0.1, -0.05) is 23.9 Å². The van der Waals surface area contributed by atoms with Gasteiger partial charge in [-0.15, -0.1) is 0 Å². The number of carbonyl (C=O) groups is 1. The van der Waals surface area contributed by atoms with Gasteiger partial charge in [-0.3, -0.25) is 4.79 Å². The number of aryl methyl sites for hydroxylation is 2. The van der Waals surface area contributed by atoms with Gasteiger partial charge in [-0.05, 0) is 36.5 Å². The Balaban J connectivity index is 1.69. The minimum Gasteiger partial charge on any atom is -0.440 e. The molecule has 0 amide bonds. The summed E-state index contributed by atoms with van der Waals surface area (Å²) in [6, 6.07) is 6.06. The molecule has 0 bridgehead atoms. The number of oxazole rings is 1. The van der Waals surface area contributed by atoms with Crippen molar-refractivity contribution in [3.8, 4) is 0 Å². The summed E-state index contributed by atoms with van der Waals surface area (Å²) in [7, 11) is 0. The first-order valence-electron chi connectivity index (χ1n) is 6.00. The fourth-order valence-corrected chi connectivity index (χ4v) is 2.92. The van der Waals surface area contributed by atoms with Crippen LogP contribution >= 0.6 is 11.8 Å². The van der Waals surface area contributed by atoms with E-state index in [0.29, 0.717) is 11.0 Å². The Morgan fingerprint density at radius 3 is 3.06 bits per heavy atom. The minimum absolute atomic E-state index is 0.132. The second kappa shape index (κ2) is 4.98. The molecule has 18 heavy (non-hydrogen) atoms. The smallest absolute Gasteiger partial charge is 0.255 e. The molecule has 0 fully saturated rings. The first-order chi connectivity index (χ1) is 8.83. The Kier molecular flexibility index (Phi) is 3.19. The predicted molar refractivity (Wildman–Crippen MR) is 70.0 cm³/mol. The maximum atomic E-state index is 12.0. The normalized spacial score (nSPS) is 13.6. The number of carbonyl (C=O) groups excluding carboxylic acids is 1. The van der Waals surface area contributed by atoms with Crippen molar-refractivity contribution < 1.29 is 9.21 Å². The van der Waals surface area contributed by atoms with Gasteiger partial charge in [0.2, 0.25) is 0 Å². The van der Waals surface area contributed by atoms with Gasteiger partial charge in [0.25, 0.3) is 5.22 Å². The van der Waals surface area contributed by atoms with Crippen molar-refractivity contribution in [1.29, 1.82) is 0 Å². The van der Waals surface area contributed by atoms with Crippen LogP contribution in [0.4, 0.5) is 0 Å². The van der Waals surface area contributed by atoms with Crippen LogP contribution in [0.5, 0.6) is 0 Å². The van der Waals surface area contributed by atoms with Crippen molar-refractivity contribution in [2.75, 3.05) is 5.75 Å². The molecule has 0 saturated heterocycles. The van der Waals surface area contributed by atoms with Crippen molar-refractivity contribution in [1.82, 2.24) is 4.98 Å². The number of ketones is 1. The van der Waals surface area contributed by atoms with E-state index in [0.717, 1.165) is 18.4 Å². The third-order valence-corrected chi connectivity index (χ3v) is 4.01. The van der Waals surface area contributed by atoms with Crippen LogP contribution in [0.1, 0.15) is 27.9 Å². The van der Waals surface area contributed by atoms with Gasteiger partial charge >= 0.3 is 0 Å². The van der Waals surface area contributed by atoms with Crippen molar-refractivity contribution in [2.24, 2.45) is 0 Å². The first-order valence-corrected chi connectivity index (χ1v) is 6.99. The third kappa shape index (κ3) is 2.34. The number of nitrogens with zero attached hydrogens (tertiary/aromatic N) is 1. The zero-order valence-corrected chi connectivity index (χ0v) is 10.7. The van der Waals surface area contributed by atoms with Crippen LogP contribution in [0.25, 0.3) is 0 Å². The topological polar surface area (TPSA) is 43.1 Å². The molecule has 0 saturated carbocycles. The van der Waals surface area contributed by atoms with Crippen molar-refractivity contribution in [3.63, 3.8) is 0 Å².